The monoisotopic (exact) mass is 488 g/mol. The van der Waals surface area contributed by atoms with E-state index in [0.29, 0.717) is 21.9 Å². The molecule has 1 aromatic carbocycles. The first-order valence-electron chi connectivity index (χ1n) is 11.7. The Labute approximate surface area is 204 Å². The van der Waals surface area contributed by atoms with Gasteiger partial charge < -0.3 is 14.9 Å². The number of aromatic nitrogens is 4. The Morgan fingerprint density at radius 1 is 1.18 bits per heavy atom. The summed E-state index contributed by atoms with van der Waals surface area (Å²) in [5, 5.41) is 16.2. The molecule has 5 rings (SSSR count). The predicted molar refractivity (Wildman–Crippen MR) is 132 cm³/mol. The summed E-state index contributed by atoms with van der Waals surface area (Å²) < 4.78 is 1.94. The summed E-state index contributed by atoms with van der Waals surface area (Å²) in [6.07, 6.45) is 4.38. The van der Waals surface area contributed by atoms with Crippen molar-refractivity contribution in [2.45, 2.75) is 32.7 Å². The molecular formula is C24H30Cl2N6O. The molecule has 2 aliphatic heterocycles. The summed E-state index contributed by atoms with van der Waals surface area (Å²) in [5.41, 5.74) is 2.69. The lowest BCUT2D eigenvalue weighted by atomic mass is 9.81. The van der Waals surface area contributed by atoms with Crippen LogP contribution in [0, 0.1) is 18.8 Å². The quantitative estimate of drug-likeness (QED) is 0.560. The van der Waals surface area contributed by atoms with Crippen molar-refractivity contribution in [1.29, 1.82) is 0 Å². The average Bonchev–Trinajstić information content (AvgIpc) is 3.09. The van der Waals surface area contributed by atoms with Crippen LogP contribution in [0.15, 0.2) is 24.4 Å². The molecule has 176 valence electrons. The van der Waals surface area contributed by atoms with E-state index in [1.807, 2.05) is 29.9 Å². The lowest BCUT2D eigenvalue weighted by Gasteiger charge is -2.46. The van der Waals surface area contributed by atoms with Gasteiger partial charge in [-0.2, -0.15) is 10.1 Å². The van der Waals surface area contributed by atoms with Gasteiger partial charge in [0, 0.05) is 42.4 Å². The first-order valence-corrected chi connectivity index (χ1v) is 12.4. The van der Waals surface area contributed by atoms with E-state index in [4.69, 9.17) is 33.3 Å². The molecule has 0 unspecified atom stereocenters. The lowest BCUT2D eigenvalue weighted by Crippen LogP contribution is -2.54. The van der Waals surface area contributed by atoms with Crippen molar-refractivity contribution in [2.24, 2.45) is 11.8 Å². The minimum atomic E-state index is -0.0856. The van der Waals surface area contributed by atoms with E-state index in [0.717, 1.165) is 61.0 Å². The van der Waals surface area contributed by atoms with Crippen LogP contribution in [0.25, 0.3) is 11.0 Å². The zero-order chi connectivity index (χ0) is 23.1. The van der Waals surface area contributed by atoms with Crippen LogP contribution in [0.1, 0.15) is 37.1 Å². The Kier molecular flexibility index (Phi) is 6.49. The third-order valence-corrected chi connectivity index (χ3v) is 7.78. The van der Waals surface area contributed by atoms with Crippen LogP contribution in [0.2, 0.25) is 10.0 Å². The van der Waals surface area contributed by atoms with Gasteiger partial charge in [-0.05, 0) is 62.8 Å². The molecule has 0 spiro atoms. The van der Waals surface area contributed by atoms with Gasteiger partial charge in [0.05, 0.1) is 23.7 Å². The van der Waals surface area contributed by atoms with E-state index in [9.17, 15) is 5.11 Å². The van der Waals surface area contributed by atoms with Gasteiger partial charge in [-0.3, -0.25) is 0 Å². The number of aliphatic hydroxyl groups excluding tert-OH is 1. The number of piperidine rings is 1. The summed E-state index contributed by atoms with van der Waals surface area (Å²) in [7, 11) is 0. The summed E-state index contributed by atoms with van der Waals surface area (Å²) in [6, 6.07) is 5.48. The highest BCUT2D eigenvalue weighted by molar-refractivity contribution is 6.35. The molecule has 1 N–H and O–H groups in total. The molecular weight excluding hydrogens is 459 g/mol. The topological polar surface area (TPSA) is 70.3 Å². The smallest absolute Gasteiger partial charge is 0.227 e. The fraction of sp³-hybridized carbons (Fsp3) is 0.542. The van der Waals surface area contributed by atoms with Crippen molar-refractivity contribution in [1.82, 2.24) is 24.6 Å². The van der Waals surface area contributed by atoms with Crippen molar-refractivity contribution in [3.8, 4) is 0 Å². The second-order valence-corrected chi connectivity index (χ2v) is 10.2. The van der Waals surface area contributed by atoms with Crippen molar-refractivity contribution < 1.29 is 5.11 Å². The van der Waals surface area contributed by atoms with Crippen molar-refractivity contribution in [2.75, 3.05) is 44.2 Å². The minimum Gasteiger partial charge on any atom is -0.395 e. The van der Waals surface area contributed by atoms with E-state index < -0.39 is 0 Å². The number of hydrogen-bond acceptors (Lipinski definition) is 6. The molecule has 0 bridgehead atoms. The Hall–Kier alpha value is -1.93. The zero-order valence-electron chi connectivity index (χ0n) is 19.1. The van der Waals surface area contributed by atoms with Crippen LogP contribution in [0.3, 0.4) is 0 Å². The number of aryl methyl sites for hydroxylation is 1. The maximum Gasteiger partial charge on any atom is 0.227 e. The Morgan fingerprint density at radius 3 is 2.76 bits per heavy atom. The molecule has 0 saturated carbocycles. The summed E-state index contributed by atoms with van der Waals surface area (Å²) in [5.74, 6) is 2.10. The molecule has 0 radical (unpaired) electrons. The molecule has 2 fully saturated rings. The Morgan fingerprint density at radius 2 is 2.00 bits per heavy atom. The minimum absolute atomic E-state index is 0.0856. The summed E-state index contributed by atoms with van der Waals surface area (Å²) in [4.78, 5) is 14.3. The van der Waals surface area contributed by atoms with Crippen LogP contribution in [-0.4, -0.2) is 69.1 Å². The van der Waals surface area contributed by atoms with E-state index in [-0.39, 0.29) is 12.6 Å². The van der Waals surface area contributed by atoms with E-state index >= 15 is 0 Å². The predicted octanol–water partition coefficient (Wildman–Crippen LogP) is 4.19. The van der Waals surface area contributed by atoms with Gasteiger partial charge in [0.2, 0.25) is 5.95 Å². The fourth-order valence-corrected chi connectivity index (χ4v) is 5.81. The van der Waals surface area contributed by atoms with E-state index in [1.54, 1.807) is 6.07 Å². The largest absolute Gasteiger partial charge is 0.395 e. The second kappa shape index (κ2) is 9.37. The number of fused-ring (bicyclic) bond motifs is 1. The number of nitrogens with zero attached hydrogens (tertiary/aromatic N) is 6. The van der Waals surface area contributed by atoms with Crippen LogP contribution >= 0.6 is 23.2 Å². The molecule has 4 heterocycles. The van der Waals surface area contributed by atoms with Crippen LogP contribution in [0.5, 0.6) is 0 Å². The van der Waals surface area contributed by atoms with Crippen molar-refractivity contribution in [3.05, 3.63) is 45.7 Å². The van der Waals surface area contributed by atoms with Crippen LogP contribution in [-0.2, 0) is 0 Å². The number of β-amino-alcohol motifs (C(OH)–C–C–N with tert-alkyl or cyclic N) is 1. The molecule has 2 saturated heterocycles. The fourth-order valence-electron chi connectivity index (χ4n) is 5.25. The van der Waals surface area contributed by atoms with Crippen molar-refractivity contribution >= 4 is 40.2 Å². The molecule has 3 aromatic rings. The SMILES string of the molecule is Cc1nn([C@H](C)c2ccc(Cl)cc2Cl)c2nc(N3CC([C@@H]4CCCN(CCO)C4)C3)ncc12. The second-order valence-electron chi connectivity index (χ2n) is 9.37. The summed E-state index contributed by atoms with van der Waals surface area (Å²) in [6.45, 7) is 9.24. The van der Waals surface area contributed by atoms with E-state index in [1.165, 1.54) is 12.8 Å². The van der Waals surface area contributed by atoms with Gasteiger partial charge in [-0.25, -0.2) is 9.67 Å². The molecule has 33 heavy (non-hydrogen) atoms. The van der Waals surface area contributed by atoms with Gasteiger partial charge in [-0.15, -0.1) is 0 Å². The number of aliphatic hydroxyl groups is 1. The highest BCUT2D eigenvalue weighted by atomic mass is 35.5. The molecule has 9 heteroatoms. The number of anilines is 1. The third kappa shape index (κ3) is 4.44. The zero-order valence-corrected chi connectivity index (χ0v) is 20.6. The normalized spacial score (nSPS) is 20.9. The highest BCUT2D eigenvalue weighted by Gasteiger charge is 2.37. The molecule has 0 amide bonds. The number of halogens is 2. The van der Waals surface area contributed by atoms with Crippen LogP contribution in [0.4, 0.5) is 5.95 Å². The van der Waals surface area contributed by atoms with Crippen molar-refractivity contribution in [3.63, 3.8) is 0 Å². The average molecular weight is 489 g/mol. The van der Waals surface area contributed by atoms with Gasteiger partial charge in [0.1, 0.15) is 0 Å². The number of rotatable bonds is 6. The van der Waals surface area contributed by atoms with E-state index in [2.05, 4.69) is 21.7 Å². The van der Waals surface area contributed by atoms with Gasteiger partial charge in [0.15, 0.2) is 5.65 Å². The van der Waals surface area contributed by atoms with Crippen LogP contribution < -0.4 is 4.90 Å². The van der Waals surface area contributed by atoms with Gasteiger partial charge in [0.25, 0.3) is 0 Å². The van der Waals surface area contributed by atoms with Gasteiger partial charge in [-0.1, -0.05) is 29.3 Å². The number of benzene rings is 1. The standard InChI is InChI=1S/C24H30Cl2N6O/c1-15-21-11-27-24(31-13-18(14-31)17-4-3-7-30(12-17)8-9-33)28-23(21)32(29-15)16(2)20-6-5-19(25)10-22(20)26/h5-6,10-11,16-18,33H,3-4,7-9,12-14H2,1-2H3/t16-,17-/m1/s1. The Bertz CT molecular complexity index is 1140. The number of hydrogen-bond donors (Lipinski definition) is 1. The molecule has 2 aliphatic rings. The maximum atomic E-state index is 9.27. The summed E-state index contributed by atoms with van der Waals surface area (Å²) >= 11 is 12.6. The van der Waals surface area contributed by atoms with Gasteiger partial charge >= 0.3 is 0 Å². The number of likely N-dealkylation sites (tertiary alicyclic amines) is 1. The third-order valence-electron chi connectivity index (χ3n) is 7.22. The highest BCUT2D eigenvalue weighted by Crippen LogP contribution is 2.34. The first-order chi connectivity index (χ1) is 15.9. The molecule has 7 nitrogen and oxygen atoms in total. The maximum absolute atomic E-state index is 9.27. The first kappa shape index (κ1) is 22.8. The lowest BCUT2D eigenvalue weighted by molar-refractivity contribution is 0.101. The molecule has 0 aliphatic carbocycles. The Balaban J connectivity index is 1.35. The molecule has 2 atom stereocenters. The molecule has 2 aromatic heterocycles.